The number of rotatable bonds is 1. The summed E-state index contributed by atoms with van der Waals surface area (Å²) >= 11 is 0. The Morgan fingerprint density at radius 2 is 2.00 bits per heavy atom. The molecule has 0 saturated heterocycles. The van der Waals surface area contributed by atoms with Gasteiger partial charge in [-0.2, -0.15) is 4.39 Å². The SMILES string of the molecule is O=c1cc(F)[nH]c(S(=O)(=O)Cl)c1. The Morgan fingerprint density at radius 1 is 1.42 bits per heavy atom. The fourth-order valence-corrected chi connectivity index (χ4v) is 1.34. The van der Waals surface area contributed by atoms with Crippen LogP contribution in [0.5, 0.6) is 0 Å². The molecule has 12 heavy (non-hydrogen) atoms. The van der Waals surface area contributed by atoms with Crippen molar-refractivity contribution >= 4 is 19.7 Å². The second kappa shape index (κ2) is 2.87. The van der Waals surface area contributed by atoms with Gasteiger partial charge in [-0.15, -0.1) is 0 Å². The number of aromatic nitrogens is 1. The molecule has 1 aromatic rings. The van der Waals surface area contributed by atoms with Crippen LogP contribution in [0.1, 0.15) is 0 Å². The van der Waals surface area contributed by atoms with Crippen LogP contribution in [-0.4, -0.2) is 13.4 Å². The first-order valence-electron chi connectivity index (χ1n) is 2.74. The number of halogens is 2. The molecule has 0 atom stereocenters. The van der Waals surface area contributed by atoms with E-state index in [1.54, 1.807) is 4.98 Å². The zero-order valence-corrected chi connectivity index (χ0v) is 7.12. The largest absolute Gasteiger partial charge is 0.321 e. The average Bonchev–Trinajstić information content (AvgIpc) is 1.82. The Balaban J connectivity index is 3.48. The first-order chi connectivity index (χ1) is 5.39. The average molecular weight is 212 g/mol. The summed E-state index contributed by atoms with van der Waals surface area (Å²) in [6.07, 6.45) is 0. The van der Waals surface area contributed by atoms with Gasteiger partial charge in [0.1, 0.15) is 0 Å². The Morgan fingerprint density at radius 3 is 2.42 bits per heavy atom. The van der Waals surface area contributed by atoms with Crippen LogP contribution in [0.25, 0.3) is 0 Å². The molecule has 1 heterocycles. The van der Waals surface area contributed by atoms with E-state index in [1.165, 1.54) is 0 Å². The van der Waals surface area contributed by atoms with Crippen LogP contribution in [0.3, 0.4) is 0 Å². The molecule has 0 fully saturated rings. The van der Waals surface area contributed by atoms with E-state index in [9.17, 15) is 17.6 Å². The standard InChI is InChI=1S/C5H3ClFNO3S/c6-12(10,11)5-2-3(9)1-4(7)8-5/h1-2H,(H,8,9). The zero-order valence-electron chi connectivity index (χ0n) is 5.54. The number of H-pyrrole nitrogens is 1. The summed E-state index contributed by atoms with van der Waals surface area (Å²) in [6.45, 7) is 0. The van der Waals surface area contributed by atoms with Crippen molar-refractivity contribution in [2.75, 3.05) is 0 Å². The van der Waals surface area contributed by atoms with Crippen molar-refractivity contribution in [1.29, 1.82) is 0 Å². The molecule has 66 valence electrons. The quantitative estimate of drug-likeness (QED) is 0.542. The van der Waals surface area contributed by atoms with Gasteiger partial charge in [-0.3, -0.25) is 4.79 Å². The molecule has 0 aromatic carbocycles. The monoisotopic (exact) mass is 211 g/mol. The van der Waals surface area contributed by atoms with Gasteiger partial charge in [0.15, 0.2) is 16.4 Å². The molecule has 0 radical (unpaired) electrons. The van der Waals surface area contributed by atoms with Gasteiger partial charge in [-0.25, -0.2) is 8.42 Å². The Labute approximate surface area is 71.4 Å². The highest BCUT2D eigenvalue weighted by Crippen LogP contribution is 2.08. The maximum Gasteiger partial charge on any atom is 0.276 e. The van der Waals surface area contributed by atoms with Crippen LogP contribution in [0.2, 0.25) is 0 Å². The molecule has 1 N–H and O–H groups in total. The molecular weight excluding hydrogens is 209 g/mol. The van der Waals surface area contributed by atoms with Crippen molar-refractivity contribution < 1.29 is 12.8 Å². The molecule has 0 spiro atoms. The fraction of sp³-hybridized carbons (Fsp3) is 0. The van der Waals surface area contributed by atoms with Crippen LogP contribution in [0.15, 0.2) is 22.0 Å². The Bertz CT molecular complexity index is 452. The topological polar surface area (TPSA) is 67.0 Å². The van der Waals surface area contributed by atoms with Crippen molar-refractivity contribution in [2.24, 2.45) is 0 Å². The third-order valence-electron chi connectivity index (χ3n) is 1.05. The molecule has 0 aliphatic carbocycles. The molecule has 0 saturated carbocycles. The summed E-state index contributed by atoms with van der Waals surface area (Å²) in [5.74, 6) is -1.04. The van der Waals surface area contributed by atoms with Gasteiger partial charge in [0.2, 0.25) is 0 Å². The highest BCUT2D eigenvalue weighted by Gasteiger charge is 2.11. The maximum atomic E-state index is 12.4. The zero-order chi connectivity index (χ0) is 9.35. The predicted octanol–water partition coefficient (Wildman–Crippen LogP) is 0.442. The highest BCUT2D eigenvalue weighted by molar-refractivity contribution is 8.13. The van der Waals surface area contributed by atoms with Gasteiger partial charge in [0.05, 0.1) is 0 Å². The van der Waals surface area contributed by atoms with E-state index in [1.807, 2.05) is 0 Å². The van der Waals surface area contributed by atoms with Crippen LogP contribution < -0.4 is 5.43 Å². The minimum absolute atomic E-state index is 0.617. The second-order valence-electron chi connectivity index (χ2n) is 1.97. The Hall–Kier alpha value is -0.880. The number of hydrogen-bond acceptors (Lipinski definition) is 3. The molecule has 1 rings (SSSR count). The van der Waals surface area contributed by atoms with E-state index < -0.39 is 25.5 Å². The lowest BCUT2D eigenvalue weighted by Gasteiger charge is -1.94. The van der Waals surface area contributed by atoms with E-state index in [0.717, 1.165) is 0 Å². The summed E-state index contributed by atoms with van der Waals surface area (Å²) < 4.78 is 33.5. The third-order valence-corrected chi connectivity index (χ3v) is 2.29. The highest BCUT2D eigenvalue weighted by atomic mass is 35.7. The Kier molecular flexibility index (Phi) is 2.20. The summed E-state index contributed by atoms with van der Waals surface area (Å²) in [7, 11) is 0.767. The lowest BCUT2D eigenvalue weighted by molar-refractivity contribution is 0.560. The van der Waals surface area contributed by atoms with E-state index in [4.69, 9.17) is 10.7 Å². The molecule has 4 nitrogen and oxygen atoms in total. The first kappa shape index (κ1) is 9.21. The molecule has 0 aliphatic rings. The minimum Gasteiger partial charge on any atom is -0.321 e. The van der Waals surface area contributed by atoms with Gasteiger partial charge >= 0.3 is 0 Å². The second-order valence-corrected chi connectivity index (χ2v) is 4.50. The number of hydrogen-bond donors (Lipinski definition) is 1. The van der Waals surface area contributed by atoms with E-state index in [0.29, 0.717) is 12.1 Å². The minimum atomic E-state index is -4.07. The van der Waals surface area contributed by atoms with Crippen molar-refractivity contribution in [3.8, 4) is 0 Å². The van der Waals surface area contributed by atoms with E-state index in [-0.39, 0.29) is 0 Å². The molecular formula is C5H3ClFNO3S. The first-order valence-corrected chi connectivity index (χ1v) is 5.05. The predicted molar refractivity (Wildman–Crippen MR) is 40.1 cm³/mol. The third kappa shape index (κ3) is 2.05. The van der Waals surface area contributed by atoms with Gasteiger partial charge in [0.25, 0.3) is 9.05 Å². The van der Waals surface area contributed by atoms with Crippen LogP contribution in [-0.2, 0) is 9.05 Å². The van der Waals surface area contributed by atoms with Crippen molar-refractivity contribution in [2.45, 2.75) is 5.03 Å². The summed E-state index contributed by atoms with van der Waals surface area (Å²) in [5.41, 5.74) is -0.759. The van der Waals surface area contributed by atoms with Crippen LogP contribution in [0, 0.1) is 5.95 Å². The molecule has 7 heteroatoms. The van der Waals surface area contributed by atoms with Gasteiger partial charge in [-0.1, -0.05) is 0 Å². The van der Waals surface area contributed by atoms with E-state index >= 15 is 0 Å². The maximum absolute atomic E-state index is 12.4. The van der Waals surface area contributed by atoms with Gasteiger partial charge < -0.3 is 4.98 Å². The number of aromatic amines is 1. The van der Waals surface area contributed by atoms with Gasteiger partial charge in [-0.05, 0) is 0 Å². The molecule has 0 bridgehead atoms. The molecule has 0 aliphatic heterocycles. The van der Waals surface area contributed by atoms with E-state index in [2.05, 4.69) is 0 Å². The van der Waals surface area contributed by atoms with Crippen molar-refractivity contribution in [3.05, 3.63) is 28.3 Å². The fourth-order valence-electron chi connectivity index (χ4n) is 0.617. The lowest BCUT2D eigenvalue weighted by Crippen LogP contribution is -2.06. The summed E-state index contributed by atoms with van der Waals surface area (Å²) in [4.78, 5) is 12.4. The van der Waals surface area contributed by atoms with Crippen LogP contribution in [0.4, 0.5) is 4.39 Å². The van der Waals surface area contributed by atoms with Crippen LogP contribution >= 0.6 is 10.7 Å². The molecule has 0 amide bonds. The van der Waals surface area contributed by atoms with Gasteiger partial charge in [0, 0.05) is 22.8 Å². The van der Waals surface area contributed by atoms with Crippen molar-refractivity contribution in [3.63, 3.8) is 0 Å². The number of nitrogens with one attached hydrogen (secondary N) is 1. The summed E-state index contributed by atoms with van der Waals surface area (Å²) in [6, 6.07) is 1.32. The van der Waals surface area contributed by atoms with Crippen molar-refractivity contribution in [1.82, 2.24) is 4.98 Å². The summed E-state index contributed by atoms with van der Waals surface area (Å²) in [5, 5.41) is -0.644. The molecule has 1 aromatic heterocycles. The lowest BCUT2D eigenvalue weighted by atomic mass is 10.5. The normalized spacial score (nSPS) is 11.5. The smallest absolute Gasteiger partial charge is 0.276 e. The molecule has 0 unspecified atom stereocenters. The number of pyridine rings is 1.